The zero-order valence-corrected chi connectivity index (χ0v) is 17.0. The van der Waals surface area contributed by atoms with E-state index in [0.29, 0.717) is 16.7 Å². The highest BCUT2D eigenvalue weighted by Crippen LogP contribution is 2.31. The van der Waals surface area contributed by atoms with Crippen LogP contribution < -0.4 is 10.1 Å². The van der Waals surface area contributed by atoms with Gasteiger partial charge in [0, 0.05) is 22.4 Å². The Hall–Kier alpha value is -4.20. The summed E-state index contributed by atoms with van der Waals surface area (Å²) < 4.78 is 44.0. The Morgan fingerprint density at radius 2 is 1.52 bits per heavy atom. The predicted octanol–water partition coefficient (Wildman–Crippen LogP) is 5.19. The number of fused-ring (bicyclic) bond motifs is 1. The molecule has 1 N–H and O–H groups in total. The number of benzene rings is 3. The molecule has 8 heteroatoms. The monoisotopic (exact) mass is 451 g/mol. The molecule has 0 saturated heterocycles. The minimum absolute atomic E-state index is 0.0133. The second kappa shape index (κ2) is 8.74. The largest absolute Gasteiger partial charge is 0.483 e. The number of amides is 1. The quantitative estimate of drug-likeness (QED) is 0.428. The van der Waals surface area contributed by atoms with Crippen molar-refractivity contribution in [2.24, 2.45) is 0 Å². The van der Waals surface area contributed by atoms with Crippen molar-refractivity contribution in [2.75, 3.05) is 11.9 Å². The number of alkyl halides is 3. The van der Waals surface area contributed by atoms with Gasteiger partial charge in [-0.1, -0.05) is 48.5 Å². The number of hydrogen-bond donors (Lipinski definition) is 1. The lowest BCUT2D eigenvalue weighted by molar-refractivity contribution is -0.137. The van der Waals surface area contributed by atoms with E-state index in [-0.39, 0.29) is 17.0 Å². The van der Waals surface area contributed by atoms with E-state index in [1.54, 1.807) is 48.5 Å². The Morgan fingerprint density at radius 1 is 0.879 bits per heavy atom. The molecule has 5 nitrogen and oxygen atoms in total. The molecule has 0 radical (unpaired) electrons. The first-order chi connectivity index (χ1) is 15.7. The van der Waals surface area contributed by atoms with Crippen molar-refractivity contribution >= 4 is 29.2 Å². The van der Waals surface area contributed by atoms with Crippen LogP contribution in [0.5, 0.6) is 5.75 Å². The molecule has 0 fully saturated rings. The van der Waals surface area contributed by atoms with Crippen LogP contribution >= 0.6 is 0 Å². The first-order valence-electron chi connectivity index (χ1n) is 9.83. The van der Waals surface area contributed by atoms with Crippen molar-refractivity contribution in [1.82, 2.24) is 0 Å². The number of hydrogen-bond acceptors (Lipinski definition) is 4. The normalized spacial score (nSPS) is 13.0. The molecule has 166 valence electrons. The van der Waals surface area contributed by atoms with Crippen LogP contribution in [0.1, 0.15) is 31.8 Å². The van der Waals surface area contributed by atoms with Crippen molar-refractivity contribution in [1.29, 1.82) is 0 Å². The molecule has 3 aromatic rings. The van der Waals surface area contributed by atoms with Crippen LogP contribution in [0.15, 0.2) is 78.4 Å². The number of para-hydroxylation sites is 1. The molecular formula is C25H16F3NO4. The molecule has 1 aliphatic carbocycles. The van der Waals surface area contributed by atoms with Crippen molar-refractivity contribution < 1.29 is 32.3 Å². The van der Waals surface area contributed by atoms with Crippen LogP contribution in [0.25, 0.3) is 6.08 Å². The molecule has 0 aliphatic heterocycles. The van der Waals surface area contributed by atoms with E-state index >= 15 is 0 Å². The molecular weight excluding hydrogens is 435 g/mol. The maximum atomic E-state index is 12.8. The molecule has 0 heterocycles. The van der Waals surface area contributed by atoms with E-state index in [0.717, 1.165) is 12.1 Å². The number of rotatable bonds is 5. The van der Waals surface area contributed by atoms with Crippen LogP contribution in [0.2, 0.25) is 0 Å². The van der Waals surface area contributed by atoms with E-state index < -0.39 is 35.8 Å². The fraction of sp³-hybridized carbons (Fsp3) is 0.0800. The van der Waals surface area contributed by atoms with Crippen LogP contribution in [0.4, 0.5) is 18.9 Å². The number of Topliss-reactive ketones (excluding diaryl/α,β-unsaturated/α-hetero) is 2. The molecule has 0 atom stereocenters. The summed E-state index contributed by atoms with van der Waals surface area (Å²) in [6.07, 6.45) is -3.12. The van der Waals surface area contributed by atoms with Crippen molar-refractivity contribution in [3.63, 3.8) is 0 Å². The molecule has 1 aliphatic rings. The van der Waals surface area contributed by atoms with Gasteiger partial charge in [-0.15, -0.1) is 0 Å². The third-order valence-corrected chi connectivity index (χ3v) is 4.96. The highest BCUT2D eigenvalue weighted by Gasteiger charge is 2.33. The Labute approximate surface area is 186 Å². The van der Waals surface area contributed by atoms with Crippen molar-refractivity contribution in [2.45, 2.75) is 6.18 Å². The topological polar surface area (TPSA) is 72.5 Å². The van der Waals surface area contributed by atoms with Gasteiger partial charge in [0.2, 0.25) is 0 Å². The third kappa shape index (κ3) is 4.69. The van der Waals surface area contributed by atoms with Gasteiger partial charge in [-0.3, -0.25) is 14.4 Å². The maximum Gasteiger partial charge on any atom is 0.416 e. The lowest BCUT2D eigenvalue weighted by Crippen LogP contribution is -2.20. The third-order valence-electron chi connectivity index (χ3n) is 4.96. The number of ketones is 2. The lowest BCUT2D eigenvalue weighted by atomic mass is 10.1. The van der Waals surface area contributed by atoms with Crippen molar-refractivity contribution in [3.05, 3.63) is 101 Å². The Kier molecular flexibility index (Phi) is 5.83. The number of ether oxygens (including phenoxy) is 1. The standard InChI is InChI=1S/C25H16F3NO4/c26-25(27,28)16-7-5-8-17(13-16)29-22(30)14-33-21-11-4-1-6-15(21)12-20-23(31)18-9-2-3-10-19(18)24(20)32/h1-13H,14H2,(H,29,30). The predicted molar refractivity (Wildman–Crippen MR) is 115 cm³/mol. The molecule has 0 aromatic heterocycles. The van der Waals surface area contributed by atoms with Gasteiger partial charge in [0.15, 0.2) is 18.2 Å². The second-order valence-electron chi connectivity index (χ2n) is 7.22. The number of anilines is 1. The summed E-state index contributed by atoms with van der Waals surface area (Å²) in [6.45, 7) is -0.488. The summed E-state index contributed by atoms with van der Waals surface area (Å²) >= 11 is 0. The first-order valence-corrected chi connectivity index (χ1v) is 9.83. The molecule has 0 saturated carbocycles. The average molecular weight is 451 g/mol. The zero-order chi connectivity index (χ0) is 23.6. The van der Waals surface area contributed by atoms with E-state index in [4.69, 9.17) is 4.74 Å². The Morgan fingerprint density at radius 3 is 2.18 bits per heavy atom. The first kappa shape index (κ1) is 22.0. The summed E-state index contributed by atoms with van der Waals surface area (Å²) in [5, 5.41) is 2.36. The Bertz CT molecular complexity index is 1260. The molecule has 1 amide bonds. The fourth-order valence-electron chi connectivity index (χ4n) is 3.40. The lowest BCUT2D eigenvalue weighted by Gasteiger charge is -2.11. The van der Waals surface area contributed by atoms with Gasteiger partial charge in [0.05, 0.1) is 11.1 Å². The summed E-state index contributed by atoms with van der Waals surface area (Å²) in [6, 6.07) is 17.3. The van der Waals surface area contributed by atoms with E-state index in [1.807, 2.05) is 0 Å². The van der Waals surface area contributed by atoms with E-state index in [1.165, 1.54) is 18.2 Å². The minimum Gasteiger partial charge on any atom is -0.483 e. The van der Waals surface area contributed by atoms with Crippen LogP contribution in [-0.2, 0) is 11.0 Å². The Balaban J connectivity index is 1.48. The second-order valence-corrected chi connectivity index (χ2v) is 7.22. The number of carbonyl (C=O) groups excluding carboxylic acids is 3. The molecule has 0 bridgehead atoms. The minimum atomic E-state index is -4.53. The smallest absolute Gasteiger partial charge is 0.416 e. The van der Waals surface area contributed by atoms with Gasteiger partial charge >= 0.3 is 6.18 Å². The highest BCUT2D eigenvalue weighted by molar-refractivity contribution is 6.41. The summed E-state index contributed by atoms with van der Waals surface area (Å²) in [5.41, 5.74) is 0.147. The van der Waals surface area contributed by atoms with Crippen LogP contribution in [-0.4, -0.2) is 24.1 Å². The molecule has 33 heavy (non-hydrogen) atoms. The summed E-state index contributed by atoms with van der Waals surface area (Å²) in [5.74, 6) is -1.22. The zero-order valence-electron chi connectivity index (χ0n) is 17.0. The van der Waals surface area contributed by atoms with E-state index in [9.17, 15) is 27.6 Å². The van der Waals surface area contributed by atoms with Crippen LogP contribution in [0.3, 0.4) is 0 Å². The molecule has 4 rings (SSSR count). The molecule has 0 spiro atoms. The highest BCUT2D eigenvalue weighted by atomic mass is 19.4. The number of nitrogens with one attached hydrogen (secondary N) is 1. The van der Waals surface area contributed by atoms with Gasteiger partial charge in [-0.2, -0.15) is 13.2 Å². The fourth-order valence-corrected chi connectivity index (χ4v) is 3.40. The van der Waals surface area contributed by atoms with Gasteiger partial charge in [-0.25, -0.2) is 0 Å². The summed E-state index contributed by atoms with van der Waals surface area (Å²) in [4.78, 5) is 37.4. The van der Waals surface area contributed by atoms with Gasteiger partial charge in [0.25, 0.3) is 5.91 Å². The van der Waals surface area contributed by atoms with Gasteiger partial charge < -0.3 is 10.1 Å². The number of carbonyl (C=O) groups is 3. The SMILES string of the molecule is O=C(COc1ccccc1C=C1C(=O)c2ccccc2C1=O)Nc1cccc(C(F)(F)F)c1. The van der Waals surface area contributed by atoms with Gasteiger partial charge in [0.1, 0.15) is 5.75 Å². The number of allylic oxidation sites excluding steroid dienone is 1. The maximum absolute atomic E-state index is 12.8. The molecule has 3 aromatic carbocycles. The van der Waals surface area contributed by atoms with Crippen LogP contribution in [0, 0.1) is 0 Å². The average Bonchev–Trinajstić information content (AvgIpc) is 3.03. The molecule has 0 unspecified atom stereocenters. The van der Waals surface area contributed by atoms with Crippen molar-refractivity contribution in [3.8, 4) is 5.75 Å². The summed E-state index contributed by atoms with van der Waals surface area (Å²) in [7, 11) is 0. The van der Waals surface area contributed by atoms with Gasteiger partial charge in [-0.05, 0) is 30.3 Å². The van der Waals surface area contributed by atoms with E-state index in [2.05, 4.69) is 5.32 Å². The number of halogens is 3.